The second-order valence-corrected chi connectivity index (χ2v) is 2.79. The van der Waals surface area contributed by atoms with Crippen LogP contribution in [0.25, 0.3) is 0 Å². The highest BCUT2D eigenvalue weighted by atomic mass is 19.1. The summed E-state index contributed by atoms with van der Waals surface area (Å²) in [6.07, 6.45) is 0.551. The topological polar surface area (TPSA) is 41.8 Å². The molecule has 1 heterocycles. The summed E-state index contributed by atoms with van der Waals surface area (Å²) < 4.78 is 17.9. The van der Waals surface area contributed by atoms with Gasteiger partial charge in [0, 0.05) is 18.1 Å². The fraction of sp³-hybridized carbons (Fsp3) is 0.222. The summed E-state index contributed by atoms with van der Waals surface area (Å²) in [5, 5.41) is 11.8. The Hall–Kier alpha value is -1.58. The Balaban J connectivity index is 2.52. The summed E-state index contributed by atoms with van der Waals surface area (Å²) in [6.45, 7) is 0.426. The lowest BCUT2D eigenvalue weighted by atomic mass is 10.0. The average Bonchev–Trinajstić information content (AvgIpc) is 2.16. The van der Waals surface area contributed by atoms with Crippen LogP contribution >= 0.6 is 0 Å². The number of nitrogens with zero attached hydrogens (tertiary/aromatic N) is 1. The number of benzene rings is 1. The fourth-order valence-electron chi connectivity index (χ4n) is 1.35. The molecule has 1 aliphatic rings. The number of hydrogen-bond acceptors (Lipinski definition) is 3. The predicted octanol–water partition coefficient (Wildman–Crippen LogP) is 1.79. The van der Waals surface area contributed by atoms with Crippen molar-refractivity contribution in [2.75, 3.05) is 6.61 Å². The second-order valence-electron chi connectivity index (χ2n) is 2.79. The van der Waals surface area contributed by atoms with E-state index in [-0.39, 0.29) is 5.82 Å². The molecule has 0 aromatic heterocycles. The van der Waals surface area contributed by atoms with E-state index in [1.807, 2.05) is 0 Å². The van der Waals surface area contributed by atoms with Crippen molar-refractivity contribution in [3.05, 3.63) is 29.6 Å². The second kappa shape index (κ2) is 3.05. The molecule has 1 N–H and O–H groups in total. The van der Waals surface area contributed by atoms with Crippen molar-refractivity contribution in [3.8, 4) is 5.75 Å². The molecule has 13 heavy (non-hydrogen) atoms. The van der Waals surface area contributed by atoms with Crippen LogP contribution in [0, 0.1) is 5.82 Å². The quantitative estimate of drug-likeness (QED) is 0.489. The molecule has 0 bridgehead atoms. The Labute approximate surface area is 74.4 Å². The first-order chi connectivity index (χ1) is 6.31. The maximum atomic E-state index is 12.7. The highest BCUT2D eigenvalue weighted by Gasteiger charge is 2.17. The monoisotopic (exact) mass is 181 g/mol. The van der Waals surface area contributed by atoms with Crippen molar-refractivity contribution in [3.63, 3.8) is 0 Å². The molecule has 0 fully saturated rings. The molecule has 0 atom stereocenters. The van der Waals surface area contributed by atoms with Crippen LogP contribution in [0.4, 0.5) is 4.39 Å². The van der Waals surface area contributed by atoms with Gasteiger partial charge in [-0.15, -0.1) is 0 Å². The molecule has 0 saturated heterocycles. The number of ether oxygens (including phenoxy) is 1. The van der Waals surface area contributed by atoms with E-state index in [1.165, 1.54) is 12.1 Å². The molecular formula is C9H8FNO2. The molecule has 1 aliphatic heterocycles. The summed E-state index contributed by atoms with van der Waals surface area (Å²) in [5.74, 6) is 0.0944. The largest absolute Gasteiger partial charge is 0.492 e. The summed E-state index contributed by atoms with van der Waals surface area (Å²) in [7, 11) is 0. The molecule has 4 heteroatoms. The van der Waals surface area contributed by atoms with E-state index in [9.17, 15) is 4.39 Å². The van der Waals surface area contributed by atoms with Crippen molar-refractivity contribution >= 4 is 5.71 Å². The zero-order valence-corrected chi connectivity index (χ0v) is 6.83. The third kappa shape index (κ3) is 1.35. The van der Waals surface area contributed by atoms with Gasteiger partial charge in [0.1, 0.15) is 11.6 Å². The van der Waals surface area contributed by atoms with E-state index in [2.05, 4.69) is 5.16 Å². The predicted molar refractivity (Wildman–Crippen MR) is 44.8 cm³/mol. The Morgan fingerprint density at radius 3 is 3.08 bits per heavy atom. The Morgan fingerprint density at radius 2 is 2.31 bits per heavy atom. The number of hydrogen-bond donors (Lipinski definition) is 1. The van der Waals surface area contributed by atoms with E-state index >= 15 is 0 Å². The van der Waals surface area contributed by atoms with Gasteiger partial charge in [0.05, 0.1) is 12.3 Å². The van der Waals surface area contributed by atoms with Gasteiger partial charge in [-0.3, -0.25) is 0 Å². The Kier molecular flexibility index (Phi) is 1.88. The summed E-state index contributed by atoms with van der Waals surface area (Å²) in [5.41, 5.74) is 1.21. The SMILES string of the molecule is O/N=C1/CCOc2cc(F)ccc21. The van der Waals surface area contributed by atoms with Crippen molar-refractivity contribution in [2.45, 2.75) is 6.42 Å². The lowest BCUT2D eigenvalue weighted by Crippen LogP contribution is -2.16. The van der Waals surface area contributed by atoms with Crippen LogP contribution in [0.5, 0.6) is 5.75 Å². The van der Waals surface area contributed by atoms with E-state index in [0.29, 0.717) is 30.1 Å². The summed E-state index contributed by atoms with van der Waals surface area (Å²) >= 11 is 0. The standard InChI is InChI=1S/C9H8FNO2/c10-6-1-2-7-8(11-12)3-4-13-9(7)5-6/h1-2,5,12H,3-4H2/b11-8-. The van der Waals surface area contributed by atoms with Crippen molar-refractivity contribution in [1.82, 2.24) is 0 Å². The lowest BCUT2D eigenvalue weighted by Gasteiger charge is -2.17. The van der Waals surface area contributed by atoms with Crippen molar-refractivity contribution < 1.29 is 14.3 Å². The molecule has 0 unspecified atom stereocenters. The van der Waals surface area contributed by atoms with Gasteiger partial charge < -0.3 is 9.94 Å². The smallest absolute Gasteiger partial charge is 0.131 e. The van der Waals surface area contributed by atoms with Crippen LogP contribution in [0.15, 0.2) is 23.4 Å². The molecule has 68 valence electrons. The Bertz CT molecular complexity index is 363. The van der Waals surface area contributed by atoms with Crippen LogP contribution in [0.3, 0.4) is 0 Å². The number of rotatable bonds is 0. The molecule has 0 radical (unpaired) electrons. The van der Waals surface area contributed by atoms with Gasteiger partial charge >= 0.3 is 0 Å². The first-order valence-corrected chi connectivity index (χ1v) is 3.95. The van der Waals surface area contributed by atoms with Gasteiger partial charge in [-0.1, -0.05) is 5.16 Å². The first kappa shape index (κ1) is 8.04. The normalized spacial score (nSPS) is 18.1. The van der Waals surface area contributed by atoms with E-state index in [4.69, 9.17) is 9.94 Å². The van der Waals surface area contributed by atoms with Gasteiger partial charge in [-0.25, -0.2) is 4.39 Å². The van der Waals surface area contributed by atoms with Crippen LogP contribution in [-0.2, 0) is 0 Å². The zero-order valence-electron chi connectivity index (χ0n) is 6.83. The third-order valence-corrected chi connectivity index (χ3v) is 1.97. The van der Waals surface area contributed by atoms with Crippen LogP contribution in [0.2, 0.25) is 0 Å². The minimum atomic E-state index is -0.349. The number of halogens is 1. The first-order valence-electron chi connectivity index (χ1n) is 3.95. The van der Waals surface area contributed by atoms with Gasteiger partial charge in [-0.2, -0.15) is 0 Å². The lowest BCUT2D eigenvalue weighted by molar-refractivity contribution is 0.297. The maximum Gasteiger partial charge on any atom is 0.131 e. The van der Waals surface area contributed by atoms with E-state index in [1.54, 1.807) is 6.07 Å². The van der Waals surface area contributed by atoms with Gasteiger partial charge in [0.15, 0.2) is 0 Å². The minimum Gasteiger partial charge on any atom is -0.492 e. The highest BCUT2D eigenvalue weighted by molar-refractivity contribution is 6.03. The Morgan fingerprint density at radius 1 is 1.46 bits per heavy atom. The van der Waals surface area contributed by atoms with Gasteiger partial charge in [-0.05, 0) is 12.1 Å². The molecule has 0 saturated carbocycles. The fourth-order valence-corrected chi connectivity index (χ4v) is 1.35. The number of oxime groups is 1. The summed E-state index contributed by atoms with van der Waals surface area (Å²) in [6, 6.07) is 4.16. The molecule has 0 amide bonds. The molecular weight excluding hydrogens is 173 g/mol. The molecule has 1 aromatic carbocycles. The van der Waals surface area contributed by atoms with Crippen molar-refractivity contribution in [1.29, 1.82) is 0 Å². The summed E-state index contributed by atoms with van der Waals surface area (Å²) in [4.78, 5) is 0. The van der Waals surface area contributed by atoms with E-state index < -0.39 is 0 Å². The zero-order chi connectivity index (χ0) is 9.26. The van der Waals surface area contributed by atoms with Crippen LogP contribution in [0.1, 0.15) is 12.0 Å². The molecule has 1 aromatic rings. The maximum absolute atomic E-state index is 12.7. The van der Waals surface area contributed by atoms with E-state index in [0.717, 1.165) is 0 Å². The van der Waals surface area contributed by atoms with Gasteiger partial charge in [0.2, 0.25) is 0 Å². The molecule has 0 aliphatic carbocycles. The number of fused-ring (bicyclic) bond motifs is 1. The third-order valence-electron chi connectivity index (χ3n) is 1.97. The minimum absolute atomic E-state index is 0.349. The highest BCUT2D eigenvalue weighted by Crippen LogP contribution is 2.25. The molecule has 0 spiro atoms. The average molecular weight is 181 g/mol. The van der Waals surface area contributed by atoms with Crippen LogP contribution in [-0.4, -0.2) is 17.5 Å². The molecule has 3 nitrogen and oxygen atoms in total. The van der Waals surface area contributed by atoms with Crippen LogP contribution < -0.4 is 4.74 Å². The van der Waals surface area contributed by atoms with Gasteiger partial charge in [0.25, 0.3) is 0 Å². The van der Waals surface area contributed by atoms with Crippen molar-refractivity contribution in [2.24, 2.45) is 5.16 Å². The molecule has 2 rings (SSSR count).